The Morgan fingerprint density at radius 2 is 2.04 bits per heavy atom. The average molecular weight is 349 g/mol. The molecule has 0 unspecified atom stereocenters. The Morgan fingerprint density at radius 3 is 2.81 bits per heavy atom. The van der Waals surface area contributed by atoms with Crippen LogP contribution < -0.4 is 4.74 Å². The summed E-state index contributed by atoms with van der Waals surface area (Å²) in [5, 5.41) is 10.4. The molecule has 0 aromatic heterocycles. The number of aromatic hydroxyl groups is 1. The van der Waals surface area contributed by atoms with Gasteiger partial charge in [-0.25, -0.2) is 0 Å². The molecule has 0 aliphatic carbocycles. The van der Waals surface area contributed by atoms with Gasteiger partial charge in [0.05, 0.1) is 11.1 Å². The quantitative estimate of drug-likeness (QED) is 0.842. The average Bonchev–Trinajstić information content (AvgIpc) is 2.95. The largest absolute Gasteiger partial charge is 0.507 e. The van der Waals surface area contributed by atoms with E-state index in [4.69, 9.17) is 4.74 Å². The number of fused-ring (bicyclic) bond motifs is 1. The molecule has 26 heavy (non-hydrogen) atoms. The van der Waals surface area contributed by atoms with E-state index in [0.717, 1.165) is 25.1 Å². The van der Waals surface area contributed by atoms with E-state index >= 15 is 0 Å². The smallest absolute Gasteiger partial charge is 0.231 e. The Balaban J connectivity index is 1.64. The summed E-state index contributed by atoms with van der Waals surface area (Å²) in [5.41, 5.74) is 2.16. The highest BCUT2D eigenvalue weighted by Crippen LogP contribution is 2.40. The molecular weight excluding hydrogens is 326 g/mol. The first-order valence-corrected chi connectivity index (χ1v) is 9.18. The number of nitrogens with zero attached hydrogens (tertiary/aromatic N) is 1. The highest BCUT2D eigenvalue weighted by molar-refractivity contribution is 6.15. The molecule has 2 aromatic rings. The van der Waals surface area contributed by atoms with Gasteiger partial charge in [0.25, 0.3) is 0 Å². The zero-order valence-corrected chi connectivity index (χ0v) is 14.9. The minimum Gasteiger partial charge on any atom is -0.507 e. The van der Waals surface area contributed by atoms with Crippen molar-refractivity contribution < 1.29 is 14.6 Å². The lowest BCUT2D eigenvalue weighted by Gasteiger charge is -2.31. The third kappa shape index (κ3) is 3.25. The number of hydrogen-bond acceptors (Lipinski definition) is 4. The predicted octanol–water partition coefficient (Wildman–Crippen LogP) is 4.24. The first kappa shape index (κ1) is 16.9. The third-order valence-corrected chi connectivity index (χ3v) is 5.14. The second-order valence-electron chi connectivity index (χ2n) is 7.27. The van der Waals surface area contributed by atoms with E-state index in [2.05, 4.69) is 11.8 Å². The van der Waals surface area contributed by atoms with Crippen molar-refractivity contribution in [3.63, 3.8) is 0 Å². The Bertz CT molecular complexity index is 857. The van der Waals surface area contributed by atoms with Crippen LogP contribution in [0, 0.1) is 5.92 Å². The van der Waals surface area contributed by atoms with Crippen LogP contribution in [-0.4, -0.2) is 28.9 Å². The number of allylic oxidation sites excluding steroid dienone is 1. The number of phenols is 1. The topological polar surface area (TPSA) is 49.8 Å². The number of carbonyl (C=O) groups excluding carboxylic acids is 1. The van der Waals surface area contributed by atoms with Crippen molar-refractivity contribution in [1.82, 2.24) is 4.90 Å². The van der Waals surface area contributed by atoms with Gasteiger partial charge >= 0.3 is 0 Å². The molecule has 4 heteroatoms. The molecule has 2 aliphatic heterocycles. The molecule has 2 heterocycles. The third-order valence-electron chi connectivity index (χ3n) is 5.14. The molecule has 134 valence electrons. The van der Waals surface area contributed by atoms with E-state index in [1.165, 1.54) is 6.42 Å². The fourth-order valence-electron chi connectivity index (χ4n) is 3.80. The molecule has 0 radical (unpaired) electrons. The second-order valence-corrected chi connectivity index (χ2v) is 7.27. The lowest BCUT2D eigenvalue weighted by molar-refractivity contribution is 0.101. The SMILES string of the molecule is C[C@H]1CCCN(Cc2c(O)ccc3c2O/C(=C\c2ccccc2)C3=O)C1. The summed E-state index contributed by atoms with van der Waals surface area (Å²) < 4.78 is 5.93. The standard InChI is InChI=1S/C22H23NO3/c1-15-6-5-11-23(13-15)14-18-19(24)10-9-17-21(25)20(26-22(17)18)12-16-7-3-2-4-8-16/h2-4,7-10,12,15,24H,5-6,11,13-14H2,1H3/b20-12-/t15-/m0/s1. The van der Waals surface area contributed by atoms with Gasteiger partial charge in [0.15, 0.2) is 5.76 Å². The van der Waals surface area contributed by atoms with Crippen molar-refractivity contribution >= 4 is 11.9 Å². The van der Waals surface area contributed by atoms with Gasteiger partial charge in [-0.1, -0.05) is 37.3 Å². The van der Waals surface area contributed by atoms with Crippen LogP contribution in [0.1, 0.15) is 41.3 Å². The molecule has 0 saturated carbocycles. The molecular formula is C22H23NO3. The van der Waals surface area contributed by atoms with Crippen LogP contribution >= 0.6 is 0 Å². The number of hydrogen-bond donors (Lipinski definition) is 1. The minimum atomic E-state index is -0.128. The van der Waals surface area contributed by atoms with Crippen LogP contribution in [0.15, 0.2) is 48.2 Å². The molecule has 2 aliphatic rings. The zero-order chi connectivity index (χ0) is 18.1. The maximum atomic E-state index is 12.7. The minimum absolute atomic E-state index is 0.128. The molecule has 0 spiro atoms. The van der Waals surface area contributed by atoms with Gasteiger partial charge in [0.1, 0.15) is 11.5 Å². The van der Waals surface area contributed by atoms with E-state index in [1.54, 1.807) is 18.2 Å². The Hall–Kier alpha value is -2.59. The molecule has 1 fully saturated rings. The van der Waals surface area contributed by atoms with Crippen molar-refractivity contribution in [1.29, 1.82) is 0 Å². The van der Waals surface area contributed by atoms with Gasteiger partial charge in [-0.05, 0) is 49.1 Å². The number of phenolic OH excluding ortho intramolecular Hbond substituents is 1. The molecule has 0 bridgehead atoms. The van der Waals surface area contributed by atoms with Crippen LogP contribution in [-0.2, 0) is 6.54 Å². The summed E-state index contributed by atoms with van der Waals surface area (Å²) >= 11 is 0. The van der Waals surface area contributed by atoms with Crippen molar-refractivity contribution in [2.75, 3.05) is 13.1 Å². The zero-order valence-electron chi connectivity index (χ0n) is 14.9. The van der Waals surface area contributed by atoms with Crippen molar-refractivity contribution in [3.05, 3.63) is 64.9 Å². The van der Waals surface area contributed by atoms with Gasteiger partial charge in [-0.15, -0.1) is 0 Å². The maximum absolute atomic E-state index is 12.7. The molecule has 1 atom stereocenters. The van der Waals surface area contributed by atoms with Crippen LogP contribution in [0.2, 0.25) is 0 Å². The van der Waals surface area contributed by atoms with E-state index < -0.39 is 0 Å². The number of ether oxygens (including phenoxy) is 1. The van der Waals surface area contributed by atoms with Gasteiger partial charge in [0.2, 0.25) is 5.78 Å². The number of likely N-dealkylation sites (tertiary alicyclic amines) is 1. The van der Waals surface area contributed by atoms with Crippen molar-refractivity contribution in [2.45, 2.75) is 26.3 Å². The Kier molecular flexibility index (Phi) is 4.51. The fourth-order valence-corrected chi connectivity index (χ4v) is 3.80. The van der Waals surface area contributed by atoms with Gasteiger partial charge in [0, 0.05) is 13.1 Å². The summed E-state index contributed by atoms with van der Waals surface area (Å²) in [6.45, 7) is 4.87. The molecule has 0 amide bonds. The van der Waals surface area contributed by atoms with Gasteiger partial charge in [-0.2, -0.15) is 0 Å². The number of Topliss-reactive ketones (excluding diaryl/α,β-unsaturated/α-hetero) is 1. The van der Waals surface area contributed by atoms with Gasteiger partial charge < -0.3 is 9.84 Å². The summed E-state index contributed by atoms with van der Waals surface area (Å²) in [6, 6.07) is 12.9. The number of piperidine rings is 1. The van der Waals surface area contributed by atoms with E-state index in [9.17, 15) is 9.90 Å². The molecule has 4 rings (SSSR count). The molecule has 2 aromatic carbocycles. The number of carbonyl (C=O) groups is 1. The summed E-state index contributed by atoms with van der Waals surface area (Å²) in [5.74, 6) is 1.53. The van der Waals surface area contributed by atoms with Crippen molar-refractivity contribution in [2.24, 2.45) is 5.92 Å². The Morgan fingerprint density at radius 1 is 1.23 bits per heavy atom. The lowest BCUT2D eigenvalue weighted by atomic mass is 9.99. The van der Waals surface area contributed by atoms with Crippen LogP contribution in [0.4, 0.5) is 0 Å². The van der Waals surface area contributed by atoms with Crippen LogP contribution in [0.5, 0.6) is 11.5 Å². The van der Waals surface area contributed by atoms with E-state index in [1.807, 2.05) is 30.3 Å². The lowest BCUT2D eigenvalue weighted by Crippen LogP contribution is -2.33. The molecule has 4 nitrogen and oxygen atoms in total. The maximum Gasteiger partial charge on any atom is 0.231 e. The first-order chi connectivity index (χ1) is 12.6. The fraction of sp³-hybridized carbons (Fsp3) is 0.318. The van der Waals surface area contributed by atoms with Crippen molar-refractivity contribution in [3.8, 4) is 11.5 Å². The summed E-state index contributed by atoms with van der Waals surface area (Å²) in [6.07, 6.45) is 4.16. The highest BCUT2D eigenvalue weighted by Gasteiger charge is 2.32. The van der Waals surface area contributed by atoms with E-state index in [0.29, 0.717) is 35.1 Å². The summed E-state index contributed by atoms with van der Waals surface area (Å²) in [7, 11) is 0. The number of ketones is 1. The number of benzene rings is 2. The first-order valence-electron chi connectivity index (χ1n) is 9.18. The predicted molar refractivity (Wildman–Crippen MR) is 101 cm³/mol. The highest BCUT2D eigenvalue weighted by atomic mass is 16.5. The van der Waals surface area contributed by atoms with E-state index in [-0.39, 0.29) is 11.5 Å². The summed E-state index contributed by atoms with van der Waals surface area (Å²) in [4.78, 5) is 15.0. The number of rotatable bonds is 3. The normalized spacial score (nSPS) is 21.7. The molecule has 1 N–H and O–H groups in total. The van der Waals surface area contributed by atoms with Gasteiger partial charge in [-0.3, -0.25) is 9.69 Å². The Labute approximate surface area is 153 Å². The molecule has 1 saturated heterocycles. The van der Waals surface area contributed by atoms with Crippen LogP contribution in [0.25, 0.3) is 6.08 Å². The monoisotopic (exact) mass is 349 g/mol. The van der Waals surface area contributed by atoms with Crippen LogP contribution in [0.3, 0.4) is 0 Å². The second kappa shape index (κ2) is 6.96.